The van der Waals surface area contributed by atoms with Crippen LogP contribution in [-0.4, -0.2) is 82.1 Å². The molecule has 0 spiro atoms. The fourth-order valence-corrected chi connectivity index (χ4v) is 3.57. The molecule has 2 aliphatic rings. The summed E-state index contributed by atoms with van der Waals surface area (Å²) in [5.74, 6) is -1.02. The van der Waals surface area contributed by atoms with Crippen LogP contribution in [0, 0.1) is 0 Å². The van der Waals surface area contributed by atoms with Gasteiger partial charge in [-0.2, -0.15) is 5.01 Å². The van der Waals surface area contributed by atoms with Gasteiger partial charge in [-0.1, -0.05) is 30.3 Å². The first-order valence-corrected chi connectivity index (χ1v) is 8.89. The Morgan fingerprint density at radius 3 is 2.42 bits per heavy atom. The molecule has 0 radical (unpaired) electrons. The maximum absolute atomic E-state index is 12.7. The quantitative estimate of drug-likeness (QED) is 0.784. The van der Waals surface area contributed by atoms with E-state index in [1.807, 2.05) is 18.2 Å². The fraction of sp³-hybridized carbons (Fsp3) is 0.500. The number of amides is 3. The van der Waals surface area contributed by atoms with Crippen molar-refractivity contribution in [1.82, 2.24) is 19.8 Å². The monoisotopic (exact) mass is 360 g/mol. The number of carboxylic acids is 1. The normalized spacial score (nSPS) is 21.5. The molecule has 1 atom stereocenters. The highest BCUT2D eigenvalue weighted by Crippen LogP contribution is 2.20. The summed E-state index contributed by atoms with van der Waals surface area (Å²) in [6.45, 7) is 3.75. The van der Waals surface area contributed by atoms with Gasteiger partial charge >= 0.3 is 12.0 Å². The number of imide groups is 1. The third-order valence-electron chi connectivity index (χ3n) is 4.98. The number of hydrazine groups is 1. The summed E-state index contributed by atoms with van der Waals surface area (Å²) in [4.78, 5) is 39.0. The van der Waals surface area contributed by atoms with Gasteiger partial charge in [-0.05, 0) is 18.4 Å². The average Bonchev–Trinajstić information content (AvgIpc) is 3.15. The van der Waals surface area contributed by atoms with E-state index in [0.29, 0.717) is 38.9 Å². The number of carbonyl (C=O) groups is 3. The van der Waals surface area contributed by atoms with E-state index in [9.17, 15) is 19.5 Å². The van der Waals surface area contributed by atoms with Crippen molar-refractivity contribution in [2.75, 3.05) is 32.7 Å². The lowest BCUT2D eigenvalue weighted by atomic mass is 10.2. The van der Waals surface area contributed by atoms with Crippen LogP contribution in [0.2, 0.25) is 0 Å². The largest absolute Gasteiger partial charge is 0.480 e. The average molecular weight is 360 g/mol. The fourth-order valence-electron chi connectivity index (χ4n) is 3.57. The first-order chi connectivity index (χ1) is 12.6. The van der Waals surface area contributed by atoms with Gasteiger partial charge < -0.3 is 10.0 Å². The van der Waals surface area contributed by atoms with Crippen molar-refractivity contribution in [3.05, 3.63) is 35.9 Å². The number of likely N-dealkylation sites (tertiary alicyclic amines) is 1. The Hall–Kier alpha value is -2.45. The van der Waals surface area contributed by atoms with Gasteiger partial charge in [0, 0.05) is 39.3 Å². The molecule has 140 valence electrons. The van der Waals surface area contributed by atoms with Crippen molar-refractivity contribution in [1.29, 1.82) is 0 Å². The van der Waals surface area contributed by atoms with E-state index >= 15 is 0 Å². The molecule has 0 bridgehead atoms. The zero-order chi connectivity index (χ0) is 18.5. The summed E-state index contributed by atoms with van der Waals surface area (Å²) >= 11 is 0. The van der Waals surface area contributed by atoms with Crippen LogP contribution in [0.15, 0.2) is 30.3 Å². The maximum atomic E-state index is 12.7. The van der Waals surface area contributed by atoms with Gasteiger partial charge in [0.15, 0.2) is 0 Å². The molecule has 2 fully saturated rings. The molecular formula is C18H24N4O4. The van der Waals surface area contributed by atoms with Gasteiger partial charge in [-0.25, -0.2) is 14.6 Å². The summed E-state index contributed by atoms with van der Waals surface area (Å²) < 4.78 is 0. The molecule has 2 aliphatic heterocycles. The van der Waals surface area contributed by atoms with Crippen molar-refractivity contribution in [2.24, 2.45) is 0 Å². The van der Waals surface area contributed by atoms with E-state index in [4.69, 9.17) is 0 Å². The Balaban J connectivity index is 1.57. The number of piperazine rings is 1. The SMILES string of the molecule is O=CN(C(=O)N1CCC[C@H]1C(=O)O)N1CCN(Cc2ccccc2)CC1. The number of aliphatic carboxylic acids is 1. The Bertz CT molecular complexity index is 646. The van der Waals surface area contributed by atoms with E-state index in [-0.39, 0.29) is 0 Å². The first-order valence-electron chi connectivity index (χ1n) is 8.89. The highest BCUT2D eigenvalue weighted by molar-refractivity contribution is 5.88. The second-order valence-corrected chi connectivity index (χ2v) is 6.64. The van der Waals surface area contributed by atoms with E-state index in [0.717, 1.165) is 24.6 Å². The number of carboxylic acid groups (broad SMARTS) is 1. The van der Waals surface area contributed by atoms with E-state index in [1.54, 1.807) is 5.01 Å². The van der Waals surface area contributed by atoms with Gasteiger partial charge in [0.2, 0.25) is 6.41 Å². The standard InChI is InChI=1S/C18H24N4O4/c23-14-22(18(26)21-8-4-7-16(21)17(24)25)20-11-9-19(10-12-20)13-15-5-2-1-3-6-15/h1-3,5-6,14,16H,4,7-13H2,(H,24,25)/t16-/m0/s1. The molecule has 2 heterocycles. The second-order valence-electron chi connectivity index (χ2n) is 6.64. The van der Waals surface area contributed by atoms with Crippen LogP contribution < -0.4 is 0 Å². The van der Waals surface area contributed by atoms with Crippen molar-refractivity contribution in [2.45, 2.75) is 25.4 Å². The molecule has 26 heavy (non-hydrogen) atoms. The number of hydrogen-bond donors (Lipinski definition) is 1. The molecule has 8 nitrogen and oxygen atoms in total. The number of rotatable bonds is 5. The highest BCUT2D eigenvalue weighted by atomic mass is 16.4. The van der Waals surface area contributed by atoms with Crippen LogP contribution in [0.25, 0.3) is 0 Å². The molecule has 2 saturated heterocycles. The van der Waals surface area contributed by atoms with Crippen molar-refractivity contribution in [3.63, 3.8) is 0 Å². The first kappa shape index (κ1) is 18.3. The van der Waals surface area contributed by atoms with Crippen LogP contribution in [0.5, 0.6) is 0 Å². The van der Waals surface area contributed by atoms with Crippen molar-refractivity contribution >= 4 is 18.4 Å². The summed E-state index contributed by atoms with van der Waals surface area (Å²) in [7, 11) is 0. The van der Waals surface area contributed by atoms with Gasteiger partial charge in [-0.3, -0.25) is 9.69 Å². The molecule has 0 aromatic heterocycles. The number of nitrogens with zero attached hydrogens (tertiary/aromatic N) is 4. The summed E-state index contributed by atoms with van der Waals surface area (Å²) in [6, 6.07) is 8.77. The number of carbonyl (C=O) groups excluding carboxylic acids is 2. The molecule has 0 unspecified atom stereocenters. The lowest BCUT2D eigenvalue weighted by Gasteiger charge is -2.39. The van der Waals surface area contributed by atoms with Crippen molar-refractivity contribution < 1.29 is 19.5 Å². The predicted molar refractivity (Wildman–Crippen MR) is 94.0 cm³/mol. The maximum Gasteiger partial charge on any atom is 0.342 e. The third-order valence-corrected chi connectivity index (χ3v) is 4.98. The Morgan fingerprint density at radius 2 is 1.81 bits per heavy atom. The van der Waals surface area contributed by atoms with E-state index in [1.165, 1.54) is 10.5 Å². The van der Waals surface area contributed by atoms with Gasteiger partial charge in [-0.15, -0.1) is 0 Å². The van der Waals surface area contributed by atoms with Crippen molar-refractivity contribution in [3.8, 4) is 0 Å². The van der Waals surface area contributed by atoms with Crippen LogP contribution in [-0.2, 0) is 16.1 Å². The van der Waals surface area contributed by atoms with Gasteiger partial charge in [0.25, 0.3) is 0 Å². The topological polar surface area (TPSA) is 84.4 Å². The zero-order valence-corrected chi connectivity index (χ0v) is 14.7. The smallest absolute Gasteiger partial charge is 0.342 e. The number of hydrogen-bond acceptors (Lipinski definition) is 5. The molecule has 1 aromatic rings. The zero-order valence-electron chi connectivity index (χ0n) is 14.7. The van der Waals surface area contributed by atoms with Crippen LogP contribution in [0.4, 0.5) is 4.79 Å². The Morgan fingerprint density at radius 1 is 1.12 bits per heavy atom. The summed E-state index contributed by atoms with van der Waals surface area (Å²) in [6.07, 6.45) is 1.56. The molecular weight excluding hydrogens is 336 g/mol. The van der Waals surface area contributed by atoms with Gasteiger partial charge in [0.1, 0.15) is 6.04 Å². The number of urea groups is 1. The molecule has 0 saturated carbocycles. The minimum atomic E-state index is -1.02. The molecule has 8 heteroatoms. The van der Waals surface area contributed by atoms with Crippen LogP contribution in [0.1, 0.15) is 18.4 Å². The lowest BCUT2D eigenvalue weighted by Crippen LogP contribution is -2.58. The van der Waals surface area contributed by atoms with E-state index in [2.05, 4.69) is 17.0 Å². The predicted octanol–water partition coefficient (Wildman–Crippen LogP) is 0.847. The molecule has 1 aromatic carbocycles. The van der Waals surface area contributed by atoms with E-state index < -0.39 is 18.0 Å². The minimum absolute atomic E-state index is 0.369. The second kappa shape index (κ2) is 8.29. The third kappa shape index (κ3) is 4.03. The minimum Gasteiger partial charge on any atom is -0.480 e. The lowest BCUT2D eigenvalue weighted by molar-refractivity contribution is -0.143. The molecule has 3 rings (SSSR count). The highest BCUT2D eigenvalue weighted by Gasteiger charge is 2.38. The molecule has 3 amide bonds. The summed E-state index contributed by atoms with van der Waals surface area (Å²) in [5.41, 5.74) is 1.23. The molecule has 1 N–H and O–H groups in total. The van der Waals surface area contributed by atoms with Crippen LogP contribution >= 0.6 is 0 Å². The molecule has 0 aliphatic carbocycles. The Kier molecular flexibility index (Phi) is 5.85. The Labute approximate surface area is 152 Å². The number of benzene rings is 1. The van der Waals surface area contributed by atoms with Crippen LogP contribution in [0.3, 0.4) is 0 Å². The summed E-state index contributed by atoms with van der Waals surface area (Å²) in [5, 5.41) is 12.0. The van der Waals surface area contributed by atoms with Gasteiger partial charge in [0.05, 0.1) is 0 Å².